The Labute approximate surface area is 208 Å². The van der Waals surface area contributed by atoms with E-state index in [9.17, 15) is 29.7 Å². The number of esters is 1. The summed E-state index contributed by atoms with van der Waals surface area (Å²) < 4.78 is 34.8. The second-order valence-electron chi connectivity index (χ2n) is 11.8. The van der Waals surface area contributed by atoms with Gasteiger partial charge in [0.15, 0.2) is 29.4 Å². The molecule has 4 fully saturated rings. The molecule has 0 amide bonds. The highest BCUT2D eigenvalue weighted by Gasteiger charge is 2.81. The maximum Gasteiger partial charge on any atom is 0.303 e. The van der Waals surface area contributed by atoms with Crippen molar-refractivity contribution in [2.75, 3.05) is 6.61 Å². The fourth-order valence-electron chi connectivity index (χ4n) is 8.11. The van der Waals surface area contributed by atoms with Gasteiger partial charge in [0.05, 0.1) is 18.3 Å². The Morgan fingerprint density at radius 3 is 2.50 bits per heavy atom. The normalized spacial score (nSPS) is 50.5. The lowest BCUT2D eigenvalue weighted by molar-refractivity contribution is -0.268. The first-order valence-electron chi connectivity index (χ1n) is 12.3. The molecule has 3 N–H and O–H groups in total. The molecular formula is C26H33FO9. The molecule has 0 spiro atoms. The van der Waals surface area contributed by atoms with Crippen molar-refractivity contribution in [3.05, 3.63) is 23.8 Å². The van der Waals surface area contributed by atoms with Crippen LogP contribution in [0.1, 0.15) is 47.5 Å². The number of allylic oxidation sites excluding steroid dienone is 3. The summed E-state index contributed by atoms with van der Waals surface area (Å²) >= 11 is 0. The van der Waals surface area contributed by atoms with Crippen molar-refractivity contribution in [2.24, 2.45) is 22.7 Å². The maximum atomic E-state index is 17.4. The highest BCUT2D eigenvalue weighted by atomic mass is 19.1. The maximum absolute atomic E-state index is 17.4. The third kappa shape index (κ3) is 2.90. The van der Waals surface area contributed by atoms with E-state index < -0.39 is 88.3 Å². The third-order valence-electron chi connectivity index (χ3n) is 9.55. The first-order chi connectivity index (χ1) is 16.5. The summed E-state index contributed by atoms with van der Waals surface area (Å²) in [6.45, 7) is 7.07. The SMILES string of the molecule is CC(=O)OCC(=O)[C@@]12OC(C)(C)O[C@@H]1C[C@H]1[C@@H]3[C@@H](O)[C@@H](O)C4=CC(=O)C=C[C@]4(C)[C@@]3(F)[C@@H](O)C[C@@]12C. The molecule has 0 aromatic heterocycles. The van der Waals surface area contributed by atoms with E-state index >= 15 is 4.39 Å². The molecule has 1 heterocycles. The van der Waals surface area contributed by atoms with Crippen molar-refractivity contribution >= 4 is 17.5 Å². The predicted molar refractivity (Wildman–Crippen MR) is 121 cm³/mol. The van der Waals surface area contributed by atoms with Gasteiger partial charge in [0.2, 0.25) is 5.78 Å². The number of halogens is 1. The lowest BCUT2D eigenvalue weighted by atomic mass is 9.43. The Hall–Kier alpha value is -1.98. The molecule has 0 aromatic rings. The number of fused-ring (bicyclic) bond motifs is 7. The van der Waals surface area contributed by atoms with Crippen LogP contribution in [-0.4, -0.2) is 80.9 Å². The summed E-state index contributed by atoms with van der Waals surface area (Å²) in [5, 5.41) is 33.9. The third-order valence-corrected chi connectivity index (χ3v) is 9.55. The molecule has 0 aromatic carbocycles. The van der Waals surface area contributed by atoms with Crippen LogP contribution in [0.25, 0.3) is 0 Å². The zero-order valence-electron chi connectivity index (χ0n) is 21.0. The molecule has 198 valence electrons. The van der Waals surface area contributed by atoms with Crippen molar-refractivity contribution in [2.45, 2.75) is 88.9 Å². The molecule has 0 unspecified atom stereocenters. The van der Waals surface area contributed by atoms with Gasteiger partial charge in [-0.25, -0.2) is 4.39 Å². The Kier molecular flexibility index (Phi) is 5.37. The molecule has 4 aliphatic carbocycles. The van der Waals surface area contributed by atoms with Gasteiger partial charge < -0.3 is 29.5 Å². The summed E-state index contributed by atoms with van der Waals surface area (Å²) in [7, 11) is 0. The van der Waals surface area contributed by atoms with Crippen LogP contribution in [0.5, 0.6) is 0 Å². The lowest BCUT2D eigenvalue weighted by Crippen LogP contribution is -2.74. The van der Waals surface area contributed by atoms with Crippen molar-refractivity contribution in [3.63, 3.8) is 0 Å². The number of ether oxygens (including phenoxy) is 3. The van der Waals surface area contributed by atoms with Gasteiger partial charge in [0.1, 0.15) is 6.10 Å². The molecule has 0 radical (unpaired) electrons. The van der Waals surface area contributed by atoms with E-state index in [0.717, 1.165) is 6.08 Å². The minimum Gasteiger partial charge on any atom is -0.458 e. The average Bonchev–Trinajstić information content (AvgIpc) is 3.18. The fourth-order valence-corrected chi connectivity index (χ4v) is 8.11. The number of carbonyl (C=O) groups is 3. The van der Waals surface area contributed by atoms with Gasteiger partial charge in [-0.05, 0) is 57.3 Å². The van der Waals surface area contributed by atoms with Gasteiger partial charge >= 0.3 is 5.97 Å². The van der Waals surface area contributed by atoms with Crippen LogP contribution in [0.15, 0.2) is 23.8 Å². The van der Waals surface area contributed by atoms with E-state index in [0.29, 0.717) is 0 Å². The van der Waals surface area contributed by atoms with E-state index in [-0.39, 0.29) is 18.4 Å². The Balaban J connectivity index is 1.65. The van der Waals surface area contributed by atoms with E-state index in [1.54, 1.807) is 20.8 Å². The molecule has 10 atom stereocenters. The van der Waals surface area contributed by atoms with Gasteiger partial charge in [-0.15, -0.1) is 0 Å². The van der Waals surface area contributed by atoms with E-state index in [4.69, 9.17) is 14.2 Å². The standard InChI is InChI=1S/C26H33FO9/c1-12(28)34-11-17(31)26-18(35-22(2,3)36-26)9-14-19-21(33)20(32)15-8-13(29)6-7-23(15,4)25(19,27)16(30)10-24(14,26)5/h6-8,14,16,18-21,30,32-33H,9-11H2,1-5H3/t14-,16-,18+,19+,20-,21+,23-,24-,25+,26+/m0/s1. The Bertz CT molecular complexity index is 1100. The van der Waals surface area contributed by atoms with Crippen molar-refractivity contribution in [1.29, 1.82) is 0 Å². The average molecular weight is 509 g/mol. The quantitative estimate of drug-likeness (QED) is 0.475. The molecule has 36 heavy (non-hydrogen) atoms. The van der Waals surface area contributed by atoms with Crippen LogP contribution < -0.4 is 0 Å². The van der Waals surface area contributed by atoms with Crippen molar-refractivity contribution in [3.8, 4) is 0 Å². The first-order valence-corrected chi connectivity index (χ1v) is 12.3. The van der Waals surface area contributed by atoms with Gasteiger partial charge in [-0.3, -0.25) is 14.4 Å². The molecule has 10 heteroatoms. The molecule has 3 saturated carbocycles. The summed E-state index contributed by atoms with van der Waals surface area (Å²) in [5.41, 5.74) is -6.95. The highest BCUT2D eigenvalue weighted by molar-refractivity contribution is 6.01. The molecule has 9 nitrogen and oxygen atoms in total. The molecule has 0 bridgehead atoms. The monoisotopic (exact) mass is 508 g/mol. The Morgan fingerprint density at radius 2 is 1.86 bits per heavy atom. The van der Waals surface area contributed by atoms with Gasteiger partial charge in [0.25, 0.3) is 0 Å². The number of alkyl halides is 1. The summed E-state index contributed by atoms with van der Waals surface area (Å²) in [5.74, 6) is -4.93. The van der Waals surface area contributed by atoms with Gasteiger partial charge in [-0.2, -0.15) is 0 Å². The number of aliphatic hydroxyl groups is 3. The minimum absolute atomic E-state index is 0.0105. The number of aliphatic hydroxyl groups excluding tert-OH is 3. The Morgan fingerprint density at radius 1 is 1.19 bits per heavy atom. The largest absolute Gasteiger partial charge is 0.458 e. The second-order valence-corrected chi connectivity index (χ2v) is 11.8. The predicted octanol–water partition coefficient (Wildman–Crippen LogP) is 0.931. The van der Waals surface area contributed by atoms with E-state index in [1.165, 1.54) is 26.0 Å². The van der Waals surface area contributed by atoms with Crippen molar-refractivity contribution in [1.82, 2.24) is 0 Å². The fraction of sp³-hybridized carbons (Fsp3) is 0.731. The summed E-state index contributed by atoms with van der Waals surface area (Å²) in [4.78, 5) is 37.2. The van der Waals surface area contributed by atoms with Crippen LogP contribution in [0.2, 0.25) is 0 Å². The smallest absolute Gasteiger partial charge is 0.303 e. The van der Waals surface area contributed by atoms with Crippen LogP contribution in [-0.2, 0) is 28.6 Å². The number of hydrogen-bond acceptors (Lipinski definition) is 9. The number of ketones is 2. The van der Waals surface area contributed by atoms with Crippen LogP contribution in [0, 0.1) is 22.7 Å². The number of carbonyl (C=O) groups excluding carboxylic acids is 3. The van der Waals surface area contributed by atoms with Gasteiger partial charge in [-0.1, -0.05) is 13.0 Å². The van der Waals surface area contributed by atoms with E-state index in [2.05, 4.69) is 0 Å². The zero-order chi connectivity index (χ0) is 26.6. The topological polar surface area (TPSA) is 140 Å². The zero-order valence-corrected chi connectivity index (χ0v) is 21.0. The van der Waals surface area contributed by atoms with E-state index in [1.807, 2.05) is 0 Å². The number of Topliss-reactive ketones (excluding diaryl/α,β-unsaturated/α-hetero) is 1. The highest BCUT2D eigenvalue weighted by Crippen LogP contribution is 2.72. The minimum atomic E-state index is -2.47. The van der Waals surface area contributed by atoms with Crippen LogP contribution >= 0.6 is 0 Å². The first kappa shape index (κ1) is 25.7. The molecule has 1 aliphatic heterocycles. The van der Waals surface area contributed by atoms with Crippen LogP contribution in [0.3, 0.4) is 0 Å². The lowest BCUT2D eigenvalue weighted by Gasteiger charge is -2.64. The van der Waals surface area contributed by atoms with Crippen LogP contribution in [0.4, 0.5) is 4.39 Å². The molecular weight excluding hydrogens is 475 g/mol. The molecule has 1 saturated heterocycles. The molecule has 5 aliphatic rings. The molecule has 5 rings (SSSR count). The summed E-state index contributed by atoms with van der Waals surface area (Å²) in [6, 6.07) is 0. The summed E-state index contributed by atoms with van der Waals surface area (Å²) in [6.07, 6.45) is -2.22. The second kappa shape index (κ2) is 7.54. The number of hydrogen-bond donors (Lipinski definition) is 3. The number of rotatable bonds is 3. The van der Waals surface area contributed by atoms with Crippen molar-refractivity contribution < 1.29 is 48.3 Å². The van der Waals surface area contributed by atoms with Gasteiger partial charge in [0, 0.05) is 23.7 Å².